The number of hydrogen-bond acceptors (Lipinski definition) is 3. The molecule has 0 unspecified atom stereocenters. The number of carbonyl (C=O) groups excluding carboxylic acids is 2. The van der Waals surface area contributed by atoms with E-state index in [2.05, 4.69) is 5.32 Å². The largest absolute Gasteiger partial charge is 0.508 e. The van der Waals surface area contributed by atoms with Gasteiger partial charge in [0.05, 0.1) is 5.56 Å². The van der Waals surface area contributed by atoms with Crippen LogP contribution in [0.4, 0.5) is 18.9 Å². The molecule has 1 heterocycles. The van der Waals surface area contributed by atoms with Crippen molar-refractivity contribution in [1.82, 2.24) is 4.57 Å². The van der Waals surface area contributed by atoms with Crippen molar-refractivity contribution in [1.29, 1.82) is 0 Å². The number of nitrogens with zero attached hydrogens (tertiary/aromatic N) is 1. The summed E-state index contributed by atoms with van der Waals surface area (Å²) in [5.41, 5.74) is -1.64. The van der Waals surface area contributed by atoms with Crippen LogP contribution in [-0.2, 0) is 17.5 Å². The van der Waals surface area contributed by atoms with Gasteiger partial charge in [-0.15, -0.1) is 0 Å². The third kappa shape index (κ3) is 4.60. The second kappa shape index (κ2) is 9.04. The maximum absolute atomic E-state index is 14.3. The van der Waals surface area contributed by atoms with Gasteiger partial charge in [-0.2, -0.15) is 13.2 Å². The third-order valence-electron chi connectivity index (χ3n) is 5.12. The maximum Gasteiger partial charge on any atom is 0.432 e. The van der Waals surface area contributed by atoms with Gasteiger partial charge in [-0.1, -0.05) is 47.5 Å². The minimum atomic E-state index is -5.01. The number of para-hydroxylation sites is 1. The molecule has 0 saturated carbocycles. The van der Waals surface area contributed by atoms with Crippen molar-refractivity contribution in [3.63, 3.8) is 0 Å². The summed E-state index contributed by atoms with van der Waals surface area (Å²) in [5, 5.41) is 12.5. The monoisotopic (exact) mass is 506 g/mol. The topological polar surface area (TPSA) is 71.3 Å². The number of rotatable bonds is 5. The van der Waals surface area contributed by atoms with E-state index in [9.17, 15) is 27.9 Å². The molecular weight excluding hydrogens is 492 g/mol. The number of aromatic hydroxyl groups is 1. The molecule has 10 heteroatoms. The molecule has 174 valence electrons. The van der Waals surface area contributed by atoms with Crippen molar-refractivity contribution in [2.45, 2.75) is 12.7 Å². The lowest BCUT2D eigenvalue weighted by Gasteiger charge is -2.15. The second-order valence-corrected chi connectivity index (χ2v) is 8.24. The number of Topliss-reactive ketones (excluding diaryl/α,β-unsaturated/α-hetero) is 1. The number of alkyl halides is 3. The zero-order chi connectivity index (χ0) is 24.6. The Bertz CT molecular complexity index is 1420. The molecule has 4 rings (SSSR count). The van der Waals surface area contributed by atoms with Gasteiger partial charge in [0.2, 0.25) is 0 Å². The molecule has 2 N–H and O–H groups in total. The van der Waals surface area contributed by atoms with Gasteiger partial charge in [0.1, 0.15) is 11.4 Å². The Morgan fingerprint density at radius 3 is 2.32 bits per heavy atom. The minimum absolute atomic E-state index is 0.00740. The molecule has 5 nitrogen and oxygen atoms in total. The van der Waals surface area contributed by atoms with Crippen LogP contribution in [0.2, 0.25) is 10.0 Å². The van der Waals surface area contributed by atoms with Crippen molar-refractivity contribution in [2.75, 3.05) is 5.32 Å². The smallest absolute Gasteiger partial charge is 0.432 e. The van der Waals surface area contributed by atoms with Gasteiger partial charge in [0, 0.05) is 33.2 Å². The first-order valence-electron chi connectivity index (χ1n) is 9.83. The number of aromatic nitrogens is 1. The molecule has 4 aromatic rings. The van der Waals surface area contributed by atoms with Crippen LogP contribution in [0.15, 0.2) is 66.7 Å². The number of amides is 1. The summed E-state index contributed by atoms with van der Waals surface area (Å²) in [5.74, 6) is -3.00. The highest BCUT2D eigenvalue weighted by molar-refractivity contribution is 6.48. The average molecular weight is 507 g/mol. The molecule has 0 bridgehead atoms. The number of fused-ring (bicyclic) bond motifs is 1. The summed E-state index contributed by atoms with van der Waals surface area (Å²) >= 11 is 12.1. The Morgan fingerprint density at radius 2 is 1.68 bits per heavy atom. The fraction of sp³-hybridized carbons (Fsp3) is 0.0833. The molecule has 0 aliphatic rings. The Hall–Kier alpha value is -3.49. The third-order valence-corrected chi connectivity index (χ3v) is 5.71. The van der Waals surface area contributed by atoms with Crippen LogP contribution in [0.5, 0.6) is 5.75 Å². The fourth-order valence-electron chi connectivity index (χ4n) is 3.67. The van der Waals surface area contributed by atoms with Crippen molar-refractivity contribution in [3.05, 3.63) is 93.6 Å². The molecule has 0 saturated heterocycles. The van der Waals surface area contributed by atoms with Crippen molar-refractivity contribution < 1.29 is 27.9 Å². The van der Waals surface area contributed by atoms with E-state index < -0.39 is 29.1 Å². The van der Waals surface area contributed by atoms with Gasteiger partial charge in [-0.25, -0.2) is 0 Å². The quantitative estimate of drug-likeness (QED) is 0.238. The van der Waals surface area contributed by atoms with E-state index in [1.807, 2.05) is 0 Å². The van der Waals surface area contributed by atoms with E-state index in [1.165, 1.54) is 42.5 Å². The van der Waals surface area contributed by atoms with E-state index in [-0.39, 0.29) is 33.9 Å². The highest BCUT2D eigenvalue weighted by Gasteiger charge is 2.42. The average Bonchev–Trinajstić information content (AvgIpc) is 3.09. The molecule has 1 amide bonds. The normalized spacial score (nSPS) is 11.6. The summed E-state index contributed by atoms with van der Waals surface area (Å²) < 4.78 is 43.9. The van der Waals surface area contributed by atoms with Crippen LogP contribution in [0, 0.1) is 0 Å². The molecule has 0 atom stereocenters. The zero-order valence-electron chi connectivity index (χ0n) is 17.2. The van der Waals surface area contributed by atoms with Crippen LogP contribution in [-0.4, -0.2) is 21.4 Å². The minimum Gasteiger partial charge on any atom is -0.508 e. The highest BCUT2D eigenvalue weighted by atomic mass is 35.5. The molecule has 0 aliphatic heterocycles. The van der Waals surface area contributed by atoms with Gasteiger partial charge < -0.3 is 15.0 Å². The first kappa shape index (κ1) is 23.7. The molecule has 0 fully saturated rings. The van der Waals surface area contributed by atoms with E-state index >= 15 is 0 Å². The number of carbonyl (C=O) groups is 2. The number of anilines is 1. The molecule has 34 heavy (non-hydrogen) atoms. The molecular formula is C24H15Cl2F3N2O3. The summed E-state index contributed by atoms with van der Waals surface area (Å²) in [6.07, 6.45) is -5.01. The lowest BCUT2D eigenvalue weighted by Crippen LogP contribution is -2.26. The number of hydrogen-bond donors (Lipinski definition) is 2. The summed E-state index contributed by atoms with van der Waals surface area (Å²) in [6.45, 7) is -0.361. The number of benzene rings is 3. The van der Waals surface area contributed by atoms with Crippen LogP contribution in [0.1, 0.15) is 21.6 Å². The lowest BCUT2D eigenvalue weighted by atomic mass is 10.0. The molecule has 0 aliphatic carbocycles. The van der Waals surface area contributed by atoms with Crippen molar-refractivity contribution in [2.24, 2.45) is 0 Å². The summed E-state index contributed by atoms with van der Waals surface area (Å²) in [6, 6.07) is 15.7. The number of ketones is 1. The first-order chi connectivity index (χ1) is 16.1. The summed E-state index contributed by atoms with van der Waals surface area (Å²) in [7, 11) is 0. The highest BCUT2D eigenvalue weighted by Crippen LogP contribution is 2.40. The summed E-state index contributed by atoms with van der Waals surface area (Å²) in [4.78, 5) is 25.7. The van der Waals surface area contributed by atoms with Crippen LogP contribution in [0.3, 0.4) is 0 Å². The first-order valence-corrected chi connectivity index (χ1v) is 10.6. The molecule has 0 radical (unpaired) electrons. The second-order valence-electron chi connectivity index (χ2n) is 7.39. The van der Waals surface area contributed by atoms with Crippen LogP contribution >= 0.6 is 23.2 Å². The SMILES string of the molecule is O=C(Nc1ccccc1)C(=O)c1c(C(F)(F)F)n(Cc2ccc(Cl)cc2Cl)c2ccc(O)cc12. The number of phenols is 1. The van der Waals surface area contributed by atoms with Crippen LogP contribution < -0.4 is 5.32 Å². The number of nitrogens with one attached hydrogen (secondary N) is 1. The number of phenolic OH excluding ortho intramolecular Hbond substituents is 1. The van der Waals surface area contributed by atoms with Gasteiger partial charge in [-0.05, 0) is 48.0 Å². The van der Waals surface area contributed by atoms with E-state index in [0.717, 1.165) is 10.6 Å². The predicted molar refractivity (Wildman–Crippen MR) is 124 cm³/mol. The van der Waals surface area contributed by atoms with E-state index in [4.69, 9.17) is 23.2 Å². The van der Waals surface area contributed by atoms with Gasteiger partial charge in [0.25, 0.3) is 11.7 Å². The predicted octanol–water partition coefficient (Wildman–Crippen LogP) is 6.54. The van der Waals surface area contributed by atoms with Crippen molar-refractivity contribution >= 4 is 51.5 Å². The van der Waals surface area contributed by atoms with E-state index in [1.54, 1.807) is 18.2 Å². The van der Waals surface area contributed by atoms with Gasteiger partial charge >= 0.3 is 6.18 Å². The van der Waals surface area contributed by atoms with E-state index in [0.29, 0.717) is 10.6 Å². The molecule has 0 spiro atoms. The molecule has 3 aromatic carbocycles. The zero-order valence-corrected chi connectivity index (χ0v) is 18.7. The van der Waals surface area contributed by atoms with Crippen molar-refractivity contribution in [3.8, 4) is 5.75 Å². The number of halogens is 5. The Kier molecular flexibility index (Phi) is 6.29. The van der Waals surface area contributed by atoms with Crippen LogP contribution in [0.25, 0.3) is 10.9 Å². The Balaban J connectivity index is 1.91. The fourth-order valence-corrected chi connectivity index (χ4v) is 4.14. The maximum atomic E-state index is 14.3. The molecule has 1 aromatic heterocycles. The van der Waals surface area contributed by atoms with Gasteiger partial charge in [-0.3, -0.25) is 9.59 Å². The van der Waals surface area contributed by atoms with Gasteiger partial charge in [0.15, 0.2) is 0 Å². The standard InChI is InChI=1S/C24H15Cl2F3N2O3/c25-14-7-6-13(18(26)10-14)12-31-19-9-8-16(32)11-17(19)20(22(31)24(27,28)29)21(33)23(34)30-15-4-2-1-3-5-15/h1-11,32H,12H2,(H,30,34). The lowest BCUT2D eigenvalue weighted by molar-refractivity contribution is -0.143. The Labute approximate surface area is 201 Å². The Morgan fingerprint density at radius 1 is 0.971 bits per heavy atom.